The maximum Gasteiger partial charge on any atom is 0.266 e. The van der Waals surface area contributed by atoms with Crippen LogP contribution in [0.1, 0.15) is 41.4 Å². The van der Waals surface area contributed by atoms with E-state index in [9.17, 15) is 9.90 Å². The van der Waals surface area contributed by atoms with Crippen molar-refractivity contribution in [2.24, 2.45) is 0 Å². The monoisotopic (exact) mass is 534 g/mol. The summed E-state index contributed by atoms with van der Waals surface area (Å²) in [4.78, 5) is 25.8. The molecule has 40 heavy (non-hydrogen) atoms. The number of nitrogens with zero attached hydrogens (tertiary/aromatic N) is 5. The number of hydrogen-bond acceptors (Lipinski definition) is 10. The number of pyridine rings is 1. The molecule has 0 unspecified atom stereocenters. The molecule has 0 radical (unpaired) electrons. The van der Waals surface area contributed by atoms with E-state index in [0.717, 1.165) is 16.8 Å². The van der Waals surface area contributed by atoms with Crippen molar-refractivity contribution in [2.45, 2.75) is 25.4 Å². The number of hydrogen-bond donors (Lipinski definition) is 4. The van der Waals surface area contributed by atoms with Crippen LogP contribution in [0.2, 0.25) is 0 Å². The van der Waals surface area contributed by atoms with Crippen LogP contribution in [-0.2, 0) is 5.54 Å². The lowest BCUT2D eigenvalue weighted by molar-refractivity contribution is 0.0940. The van der Waals surface area contributed by atoms with Gasteiger partial charge in [0.05, 0.1) is 23.8 Å². The fourth-order valence-electron chi connectivity index (χ4n) is 4.60. The first kappa shape index (κ1) is 25.1. The minimum atomic E-state index is -0.491. The van der Waals surface area contributed by atoms with Gasteiger partial charge in [0.2, 0.25) is 5.95 Å². The third kappa shape index (κ3) is 4.85. The van der Waals surface area contributed by atoms with Crippen molar-refractivity contribution >= 4 is 23.4 Å². The van der Waals surface area contributed by atoms with E-state index < -0.39 is 11.6 Å². The highest BCUT2D eigenvalue weighted by molar-refractivity contribution is 6.00. The molecule has 3 aromatic heterocycles. The largest absolute Gasteiger partial charge is 0.414 e. The summed E-state index contributed by atoms with van der Waals surface area (Å²) in [7, 11) is 0. The van der Waals surface area contributed by atoms with Gasteiger partial charge in [-0.2, -0.15) is 4.98 Å². The van der Waals surface area contributed by atoms with Crippen molar-refractivity contribution in [1.29, 1.82) is 0 Å². The summed E-state index contributed by atoms with van der Waals surface area (Å²) >= 11 is 0. The number of aromatic nitrogens is 5. The lowest BCUT2D eigenvalue weighted by Crippen LogP contribution is -2.32. The topological polar surface area (TPSA) is 151 Å². The Morgan fingerprint density at radius 2 is 1.77 bits per heavy atom. The number of fused-ring (bicyclic) bond motifs is 1. The van der Waals surface area contributed by atoms with E-state index in [4.69, 9.17) is 9.40 Å². The minimum absolute atomic E-state index is 0.0979. The molecule has 1 atom stereocenters. The van der Waals surface area contributed by atoms with Crippen molar-refractivity contribution in [2.75, 3.05) is 17.2 Å². The van der Waals surface area contributed by atoms with Crippen LogP contribution in [-0.4, -0.2) is 42.8 Å². The molecule has 0 spiro atoms. The van der Waals surface area contributed by atoms with Gasteiger partial charge in [0.25, 0.3) is 17.7 Å². The second kappa shape index (κ2) is 10.2. The van der Waals surface area contributed by atoms with Crippen LogP contribution in [0.3, 0.4) is 0 Å². The number of aliphatic hydroxyl groups is 1. The van der Waals surface area contributed by atoms with Gasteiger partial charge in [0.15, 0.2) is 0 Å². The van der Waals surface area contributed by atoms with Gasteiger partial charge in [0.1, 0.15) is 11.5 Å². The van der Waals surface area contributed by atoms with E-state index in [-0.39, 0.29) is 24.3 Å². The number of nitrogens with one attached hydrogen (secondary N) is 3. The Kier molecular flexibility index (Phi) is 6.40. The molecule has 0 aliphatic carbocycles. The number of aliphatic hydroxyl groups excluding tert-OH is 1. The number of benzene rings is 2. The van der Waals surface area contributed by atoms with E-state index in [1.165, 1.54) is 0 Å². The number of carbonyl (C=O) groups excluding carboxylic acids is 1. The Morgan fingerprint density at radius 1 is 0.975 bits per heavy atom. The van der Waals surface area contributed by atoms with Crippen LogP contribution >= 0.6 is 0 Å². The van der Waals surface area contributed by atoms with Crippen molar-refractivity contribution < 1.29 is 14.3 Å². The van der Waals surface area contributed by atoms with Gasteiger partial charge in [-0.25, -0.2) is 4.98 Å². The molecule has 6 rings (SSSR count). The summed E-state index contributed by atoms with van der Waals surface area (Å²) in [6.45, 7) is 3.73. The molecule has 2 aromatic carbocycles. The van der Waals surface area contributed by atoms with Crippen LogP contribution in [0.15, 0.2) is 83.5 Å². The summed E-state index contributed by atoms with van der Waals surface area (Å²) in [5.41, 5.74) is 3.63. The van der Waals surface area contributed by atoms with Crippen molar-refractivity contribution in [3.05, 3.63) is 95.8 Å². The van der Waals surface area contributed by atoms with Crippen molar-refractivity contribution in [1.82, 2.24) is 30.5 Å². The third-order valence-corrected chi connectivity index (χ3v) is 6.64. The second-order valence-corrected chi connectivity index (χ2v) is 9.84. The second-order valence-electron chi connectivity index (χ2n) is 9.84. The van der Waals surface area contributed by atoms with Crippen LogP contribution in [0.5, 0.6) is 0 Å². The van der Waals surface area contributed by atoms with Crippen LogP contribution in [0.25, 0.3) is 23.0 Å². The lowest BCUT2D eigenvalue weighted by atomic mass is 9.94. The van der Waals surface area contributed by atoms with Gasteiger partial charge >= 0.3 is 0 Å². The van der Waals surface area contributed by atoms with Gasteiger partial charge in [-0.1, -0.05) is 36.4 Å². The highest BCUT2D eigenvalue weighted by atomic mass is 16.4. The summed E-state index contributed by atoms with van der Waals surface area (Å²) in [6, 6.07) is 20.0. The average Bonchev–Trinajstić information content (AvgIpc) is 3.55. The number of carbonyl (C=O) groups is 1. The number of rotatable bonds is 8. The Hall–Kier alpha value is -5.16. The number of anilines is 3. The Labute approximate surface area is 229 Å². The van der Waals surface area contributed by atoms with E-state index in [0.29, 0.717) is 28.6 Å². The van der Waals surface area contributed by atoms with Crippen molar-refractivity contribution in [3.8, 4) is 23.0 Å². The molecule has 0 bridgehead atoms. The fraction of sp³-hybridized carbons (Fsp3) is 0.172. The van der Waals surface area contributed by atoms with Crippen LogP contribution in [0, 0.1) is 0 Å². The SMILES string of the molecule is CC1(C)NC(=O)c2ccc(Nc3ncc(-c4nnc(-c5ccccn5)o4)c(N[C@H](CO)c4ccccc4)n3)cc21. The Balaban J connectivity index is 1.36. The molecular formula is C29H26N8O3. The fourth-order valence-corrected chi connectivity index (χ4v) is 4.60. The lowest BCUT2D eigenvalue weighted by Gasteiger charge is -2.20. The molecule has 0 saturated heterocycles. The molecule has 4 N–H and O–H groups in total. The van der Waals surface area contributed by atoms with Gasteiger partial charge < -0.3 is 25.5 Å². The minimum Gasteiger partial charge on any atom is -0.414 e. The summed E-state index contributed by atoms with van der Waals surface area (Å²) in [5, 5.41) is 28.1. The van der Waals surface area contributed by atoms with Gasteiger partial charge in [-0.3, -0.25) is 9.78 Å². The highest BCUT2D eigenvalue weighted by Gasteiger charge is 2.35. The van der Waals surface area contributed by atoms with E-state index in [1.807, 2.05) is 62.4 Å². The standard InChI is InChI=1S/C29H26N8O3/c1-29(2)21-14-18(11-12-19(21)25(39)35-29)32-28-31-15-20(26-36-37-27(40-26)22-10-6-7-13-30-22)24(34-28)33-23(16-38)17-8-4-3-5-9-17/h3-15,23,38H,16H2,1-2H3,(H,35,39)(H2,31,32,33,34)/t23-/m1/s1. The molecule has 1 amide bonds. The predicted octanol–water partition coefficient (Wildman–Crippen LogP) is 4.46. The predicted molar refractivity (Wildman–Crippen MR) is 149 cm³/mol. The molecule has 200 valence electrons. The van der Waals surface area contributed by atoms with E-state index in [1.54, 1.807) is 30.6 Å². The Bertz CT molecular complexity index is 1670. The van der Waals surface area contributed by atoms with E-state index >= 15 is 0 Å². The van der Waals surface area contributed by atoms with E-state index in [2.05, 4.69) is 36.1 Å². The third-order valence-electron chi connectivity index (χ3n) is 6.64. The average molecular weight is 535 g/mol. The summed E-state index contributed by atoms with van der Waals surface area (Å²) in [6.07, 6.45) is 3.22. The quantitative estimate of drug-likeness (QED) is 0.225. The molecule has 4 heterocycles. The summed E-state index contributed by atoms with van der Waals surface area (Å²) in [5.74, 6) is 1.04. The molecular weight excluding hydrogens is 508 g/mol. The Morgan fingerprint density at radius 3 is 2.55 bits per heavy atom. The number of amides is 1. The van der Waals surface area contributed by atoms with Gasteiger partial charge in [0, 0.05) is 23.6 Å². The maximum absolute atomic E-state index is 12.3. The normalized spacial score (nSPS) is 14.3. The first-order valence-electron chi connectivity index (χ1n) is 12.7. The highest BCUT2D eigenvalue weighted by Crippen LogP contribution is 2.34. The van der Waals surface area contributed by atoms with Crippen LogP contribution in [0.4, 0.5) is 17.5 Å². The molecule has 0 saturated carbocycles. The molecule has 1 aliphatic heterocycles. The summed E-state index contributed by atoms with van der Waals surface area (Å²) < 4.78 is 5.93. The zero-order valence-corrected chi connectivity index (χ0v) is 21.8. The first-order valence-corrected chi connectivity index (χ1v) is 12.7. The molecule has 11 nitrogen and oxygen atoms in total. The van der Waals surface area contributed by atoms with Gasteiger partial charge in [-0.15, -0.1) is 10.2 Å². The van der Waals surface area contributed by atoms with Gasteiger partial charge in [-0.05, 0) is 55.3 Å². The molecule has 0 fully saturated rings. The zero-order chi connectivity index (χ0) is 27.7. The van der Waals surface area contributed by atoms with Crippen LogP contribution < -0.4 is 16.0 Å². The molecule has 1 aliphatic rings. The van der Waals surface area contributed by atoms with Crippen molar-refractivity contribution in [3.63, 3.8) is 0 Å². The maximum atomic E-state index is 12.3. The molecule has 11 heteroatoms. The molecule has 5 aromatic rings. The smallest absolute Gasteiger partial charge is 0.266 e. The first-order chi connectivity index (χ1) is 19.4. The zero-order valence-electron chi connectivity index (χ0n) is 21.8.